The van der Waals surface area contributed by atoms with E-state index >= 15 is 0 Å². The molecule has 0 unspecified atom stereocenters. The zero-order chi connectivity index (χ0) is 13.9. The van der Waals surface area contributed by atoms with Gasteiger partial charge in [-0.15, -0.1) is 0 Å². The summed E-state index contributed by atoms with van der Waals surface area (Å²) >= 11 is 0. The first-order valence-corrected chi connectivity index (χ1v) is 6.34. The van der Waals surface area contributed by atoms with Crippen molar-refractivity contribution < 1.29 is 9.18 Å². The number of ketones is 1. The molecular formula is C17H12FNO. The van der Waals surface area contributed by atoms with Crippen molar-refractivity contribution in [2.24, 2.45) is 0 Å². The minimum absolute atomic E-state index is 0.00945. The van der Waals surface area contributed by atoms with Crippen molar-refractivity contribution in [1.82, 2.24) is 4.98 Å². The fraction of sp³-hybridized carbons (Fsp3) is 0.0588. The maximum absolute atomic E-state index is 12.9. The van der Waals surface area contributed by atoms with Gasteiger partial charge < -0.3 is 0 Å². The van der Waals surface area contributed by atoms with Crippen molar-refractivity contribution in [3.8, 4) is 0 Å². The Balaban J connectivity index is 1.94. The Morgan fingerprint density at radius 1 is 1.05 bits per heavy atom. The Bertz CT molecular complexity index is 760. The maximum Gasteiger partial charge on any atom is 0.167 e. The monoisotopic (exact) mass is 265 g/mol. The first kappa shape index (κ1) is 12.5. The molecule has 0 saturated heterocycles. The standard InChI is InChI=1S/C17H12FNO/c18-14-6-4-12(5-7-14)10-17(20)15-3-1-2-13-8-9-19-11-16(13)15/h1-9,11H,10H2. The van der Waals surface area contributed by atoms with Gasteiger partial charge in [-0.2, -0.15) is 0 Å². The summed E-state index contributed by atoms with van der Waals surface area (Å²) in [6.45, 7) is 0. The molecule has 0 aliphatic carbocycles. The molecule has 1 heterocycles. The molecule has 2 aromatic carbocycles. The molecule has 0 spiro atoms. The Kier molecular flexibility index (Phi) is 3.25. The van der Waals surface area contributed by atoms with Crippen LogP contribution in [0.5, 0.6) is 0 Å². The minimum atomic E-state index is -0.296. The molecule has 3 aromatic rings. The van der Waals surface area contributed by atoms with Gasteiger partial charge in [0.15, 0.2) is 5.78 Å². The number of Topliss-reactive ketones (excluding diaryl/α,β-unsaturated/α-hetero) is 1. The van der Waals surface area contributed by atoms with Crippen molar-refractivity contribution in [3.63, 3.8) is 0 Å². The van der Waals surface area contributed by atoms with Crippen molar-refractivity contribution in [3.05, 3.63) is 77.9 Å². The molecule has 0 aliphatic heterocycles. The van der Waals surface area contributed by atoms with E-state index in [1.54, 1.807) is 30.6 Å². The molecule has 0 atom stereocenters. The number of hydrogen-bond donors (Lipinski definition) is 0. The summed E-state index contributed by atoms with van der Waals surface area (Å²) < 4.78 is 12.9. The van der Waals surface area contributed by atoms with Gasteiger partial charge >= 0.3 is 0 Å². The van der Waals surface area contributed by atoms with E-state index in [2.05, 4.69) is 4.98 Å². The largest absolute Gasteiger partial charge is 0.294 e. The number of carbonyl (C=O) groups is 1. The summed E-state index contributed by atoms with van der Waals surface area (Å²) in [5, 5.41) is 1.84. The molecule has 0 amide bonds. The van der Waals surface area contributed by atoms with Gasteiger partial charge in [0.1, 0.15) is 5.82 Å². The first-order chi connectivity index (χ1) is 9.74. The third-order valence-electron chi connectivity index (χ3n) is 3.26. The zero-order valence-electron chi connectivity index (χ0n) is 10.7. The number of carbonyl (C=O) groups excluding carboxylic acids is 1. The zero-order valence-corrected chi connectivity index (χ0v) is 10.7. The first-order valence-electron chi connectivity index (χ1n) is 6.34. The molecule has 0 N–H and O–H groups in total. The van der Waals surface area contributed by atoms with E-state index in [4.69, 9.17) is 0 Å². The van der Waals surface area contributed by atoms with Gasteiger partial charge in [-0.05, 0) is 29.1 Å². The second kappa shape index (κ2) is 5.21. The summed E-state index contributed by atoms with van der Waals surface area (Å²) in [5.41, 5.74) is 1.46. The smallest absolute Gasteiger partial charge is 0.167 e. The molecule has 3 heteroatoms. The summed E-state index contributed by atoms with van der Waals surface area (Å²) in [7, 11) is 0. The average Bonchev–Trinajstić information content (AvgIpc) is 2.49. The van der Waals surface area contributed by atoms with Crippen LogP contribution in [-0.2, 0) is 6.42 Å². The molecule has 20 heavy (non-hydrogen) atoms. The third-order valence-corrected chi connectivity index (χ3v) is 3.26. The highest BCUT2D eigenvalue weighted by Crippen LogP contribution is 2.19. The molecule has 0 saturated carbocycles. The summed E-state index contributed by atoms with van der Waals surface area (Å²) in [6, 6.07) is 13.5. The third kappa shape index (κ3) is 2.43. The van der Waals surface area contributed by atoms with Crippen LogP contribution in [0.2, 0.25) is 0 Å². The predicted molar refractivity (Wildman–Crippen MR) is 76.2 cm³/mol. The van der Waals surface area contributed by atoms with E-state index in [1.165, 1.54) is 12.1 Å². The Morgan fingerprint density at radius 3 is 2.65 bits per heavy atom. The van der Waals surface area contributed by atoms with E-state index in [-0.39, 0.29) is 18.0 Å². The lowest BCUT2D eigenvalue weighted by molar-refractivity contribution is 0.0994. The normalized spacial score (nSPS) is 10.7. The van der Waals surface area contributed by atoms with Crippen molar-refractivity contribution >= 4 is 16.6 Å². The quantitative estimate of drug-likeness (QED) is 0.674. The van der Waals surface area contributed by atoms with Gasteiger partial charge in [0.2, 0.25) is 0 Å². The van der Waals surface area contributed by atoms with Gasteiger partial charge in [0.05, 0.1) is 0 Å². The Hall–Kier alpha value is -2.55. The maximum atomic E-state index is 12.9. The Morgan fingerprint density at radius 2 is 1.85 bits per heavy atom. The lowest BCUT2D eigenvalue weighted by Gasteiger charge is -2.05. The lowest BCUT2D eigenvalue weighted by atomic mass is 9.99. The molecule has 98 valence electrons. The molecule has 3 rings (SSSR count). The van der Waals surface area contributed by atoms with Gasteiger partial charge in [-0.3, -0.25) is 9.78 Å². The van der Waals surface area contributed by atoms with Gasteiger partial charge in [0, 0.05) is 29.8 Å². The topological polar surface area (TPSA) is 30.0 Å². The molecule has 0 bridgehead atoms. The average molecular weight is 265 g/mol. The highest BCUT2D eigenvalue weighted by Gasteiger charge is 2.10. The highest BCUT2D eigenvalue weighted by atomic mass is 19.1. The minimum Gasteiger partial charge on any atom is -0.294 e. The number of pyridine rings is 1. The highest BCUT2D eigenvalue weighted by molar-refractivity contribution is 6.08. The van der Waals surface area contributed by atoms with Crippen LogP contribution in [0.25, 0.3) is 10.8 Å². The van der Waals surface area contributed by atoms with Crippen LogP contribution >= 0.6 is 0 Å². The molecule has 1 aromatic heterocycles. The van der Waals surface area contributed by atoms with E-state index in [9.17, 15) is 9.18 Å². The fourth-order valence-corrected chi connectivity index (χ4v) is 2.24. The summed E-state index contributed by atoms with van der Waals surface area (Å²) in [5.74, 6) is -0.286. The number of benzene rings is 2. The van der Waals surface area contributed by atoms with Crippen molar-refractivity contribution in [2.75, 3.05) is 0 Å². The molecule has 2 nitrogen and oxygen atoms in total. The van der Waals surface area contributed by atoms with Gasteiger partial charge in [-0.25, -0.2) is 4.39 Å². The summed E-state index contributed by atoms with van der Waals surface area (Å²) in [6.07, 6.45) is 3.66. The van der Waals surface area contributed by atoms with Crippen LogP contribution < -0.4 is 0 Å². The number of fused-ring (bicyclic) bond motifs is 1. The number of rotatable bonds is 3. The number of hydrogen-bond acceptors (Lipinski definition) is 2. The van der Waals surface area contributed by atoms with Crippen LogP contribution in [0.15, 0.2) is 60.9 Å². The second-order valence-corrected chi connectivity index (χ2v) is 4.63. The molecule has 0 fully saturated rings. The fourth-order valence-electron chi connectivity index (χ4n) is 2.24. The molecular weight excluding hydrogens is 253 g/mol. The lowest BCUT2D eigenvalue weighted by Crippen LogP contribution is -2.04. The van der Waals surface area contributed by atoms with Crippen molar-refractivity contribution in [1.29, 1.82) is 0 Å². The Labute approximate surface area is 115 Å². The van der Waals surface area contributed by atoms with E-state index in [0.29, 0.717) is 5.56 Å². The number of nitrogens with zero attached hydrogens (tertiary/aromatic N) is 1. The second-order valence-electron chi connectivity index (χ2n) is 4.63. The number of aromatic nitrogens is 1. The SMILES string of the molecule is O=C(Cc1ccc(F)cc1)c1cccc2ccncc12. The van der Waals surface area contributed by atoms with Crippen LogP contribution in [0.4, 0.5) is 4.39 Å². The van der Waals surface area contributed by atoms with Crippen LogP contribution in [-0.4, -0.2) is 10.8 Å². The van der Waals surface area contributed by atoms with Gasteiger partial charge in [0.25, 0.3) is 0 Å². The van der Waals surface area contributed by atoms with Crippen molar-refractivity contribution in [2.45, 2.75) is 6.42 Å². The van der Waals surface area contributed by atoms with Crippen LogP contribution in [0.1, 0.15) is 15.9 Å². The van der Waals surface area contributed by atoms with E-state index in [0.717, 1.165) is 16.3 Å². The van der Waals surface area contributed by atoms with E-state index < -0.39 is 0 Å². The predicted octanol–water partition coefficient (Wildman–Crippen LogP) is 3.80. The van der Waals surface area contributed by atoms with Gasteiger partial charge in [-0.1, -0.05) is 30.3 Å². The van der Waals surface area contributed by atoms with Crippen LogP contribution in [0, 0.1) is 5.82 Å². The summed E-state index contributed by atoms with van der Waals surface area (Å²) in [4.78, 5) is 16.5. The molecule has 0 radical (unpaired) electrons. The molecule has 0 aliphatic rings. The van der Waals surface area contributed by atoms with Crippen LogP contribution in [0.3, 0.4) is 0 Å². The van der Waals surface area contributed by atoms with E-state index in [1.807, 2.05) is 18.2 Å². The number of halogens is 1.